The summed E-state index contributed by atoms with van der Waals surface area (Å²) in [6.45, 7) is 3.29. The summed E-state index contributed by atoms with van der Waals surface area (Å²) < 4.78 is 0. The number of nitrogens with zero attached hydrogens (tertiary/aromatic N) is 1. The minimum Gasteiger partial charge on any atom is -0.506 e. The number of aromatic hydroxyl groups is 1. The van der Waals surface area contributed by atoms with E-state index >= 15 is 0 Å². The first-order chi connectivity index (χ1) is 11.9. The fourth-order valence-corrected chi connectivity index (χ4v) is 2.05. The number of hydrogen-bond acceptors (Lipinski definition) is 5. The van der Waals surface area contributed by atoms with Crippen molar-refractivity contribution in [2.75, 3.05) is 10.6 Å². The summed E-state index contributed by atoms with van der Waals surface area (Å²) in [6.07, 6.45) is 1.23. The van der Waals surface area contributed by atoms with Crippen LogP contribution in [0.4, 0.5) is 11.4 Å². The normalized spacial score (nSPS) is 10.7. The van der Waals surface area contributed by atoms with Crippen molar-refractivity contribution in [2.45, 2.75) is 13.8 Å². The predicted molar refractivity (Wildman–Crippen MR) is 95.2 cm³/mol. The maximum atomic E-state index is 12.2. The van der Waals surface area contributed by atoms with E-state index in [-0.39, 0.29) is 17.1 Å². The molecule has 126 valence electrons. The van der Waals surface area contributed by atoms with Gasteiger partial charge in [-0.25, -0.2) is 0 Å². The number of ketones is 1. The van der Waals surface area contributed by atoms with Crippen molar-refractivity contribution in [3.05, 3.63) is 65.4 Å². The van der Waals surface area contributed by atoms with Gasteiger partial charge in [-0.15, -0.1) is 0 Å². The molecule has 1 amide bonds. The van der Waals surface area contributed by atoms with Gasteiger partial charge in [0.1, 0.15) is 17.4 Å². The highest BCUT2D eigenvalue weighted by atomic mass is 16.3. The molecule has 25 heavy (non-hydrogen) atoms. The van der Waals surface area contributed by atoms with Gasteiger partial charge in [0, 0.05) is 17.5 Å². The van der Waals surface area contributed by atoms with Crippen molar-refractivity contribution < 1.29 is 14.7 Å². The number of nitriles is 1. The number of rotatable bonds is 5. The lowest BCUT2D eigenvalue weighted by Gasteiger charge is -2.07. The Labute approximate surface area is 145 Å². The Morgan fingerprint density at radius 2 is 1.84 bits per heavy atom. The Morgan fingerprint density at radius 3 is 2.40 bits per heavy atom. The van der Waals surface area contributed by atoms with Crippen LogP contribution < -0.4 is 10.6 Å². The molecule has 0 radical (unpaired) electrons. The zero-order chi connectivity index (χ0) is 18.4. The van der Waals surface area contributed by atoms with Crippen LogP contribution in [0.5, 0.6) is 5.75 Å². The number of benzene rings is 2. The van der Waals surface area contributed by atoms with Gasteiger partial charge >= 0.3 is 0 Å². The van der Waals surface area contributed by atoms with Gasteiger partial charge in [-0.2, -0.15) is 5.26 Å². The fourth-order valence-electron chi connectivity index (χ4n) is 2.05. The second-order valence-corrected chi connectivity index (χ2v) is 5.42. The summed E-state index contributed by atoms with van der Waals surface area (Å²) >= 11 is 0. The number of phenols is 1. The molecular formula is C19H17N3O3. The van der Waals surface area contributed by atoms with Gasteiger partial charge in [-0.05, 0) is 55.8 Å². The van der Waals surface area contributed by atoms with Gasteiger partial charge in [0.05, 0.1) is 5.69 Å². The number of amides is 1. The SMILES string of the molecule is CC(=O)c1ccc(NC(=O)/C(C#N)=C\Nc2ccc(C)cc2O)cc1. The molecule has 0 atom stereocenters. The van der Waals surface area contributed by atoms with Crippen molar-refractivity contribution in [3.63, 3.8) is 0 Å². The number of phenolic OH excluding ortho intramolecular Hbond substituents is 1. The molecule has 2 aromatic rings. The molecule has 0 fully saturated rings. The molecule has 2 rings (SSSR count). The molecule has 0 aliphatic rings. The van der Waals surface area contributed by atoms with Crippen molar-refractivity contribution >= 4 is 23.1 Å². The summed E-state index contributed by atoms with van der Waals surface area (Å²) in [5, 5.41) is 24.3. The average molecular weight is 335 g/mol. The topological polar surface area (TPSA) is 102 Å². The van der Waals surface area contributed by atoms with Crippen molar-refractivity contribution in [3.8, 4) is 11.8 Å². The lowest BCUT2D eigenvalue weighted by atomic mass is 10.1. The molecule has 0 bridgehead atoms. The summed E-state index contributed by atoms with van der Waals surface area (Å²) in [7, 11) is 0. The summed E-state index contributed by atoms with van der Waals surface area (Å²) in [5.41, 5.74) is 2.12. The molecule has 6 nitrogen and oxygen atoms in total. The van der Waals surface area contributed by atoms with Gasteiger partial charge in [0.25, 0.3) is 5.91 Å². The molecule has 0 aromatic heterocycles. The molecule has 3 N–H and O–H groups in total. The maximum Gasteiger partial charge on any atom is 0.267 e. The zero-order valence-electron chi connectivity index (χ0n) is 13.8. The molecule has 0 unspecified atom stereocenters. The van der Waals surface area contributed by atoms with Crippen LogP contribution >= 0.6 is 0 Å². The van der Waals surface area contributed by atoms with Crippen LogP contribution in [-0.4, -0.2) is 16.8 Å². The van der Waals surface area contributed by atoms with E-state index < -0.39 is 5.91 Å². The number of carbonyl (C=O) groups is 2. The Hall–Kier alpha value is -3.59. The summed E-state index contributed by atoms with van der Waals surface area (Å²) in [6, 6.07) is 13.2. The van der Waals surface area contributed by atoms with E-state index in [4.69, 9.17) is 5.26 Å². The van der Waals surface area contributed by atoms with Crippen LogP contribution in [0, 0.1) is 18.3 Å². The van der Waals surface area contributed by atoms with Crippen molar-refractivity contribution in [1.29, 1.82) is 5.26 Å². The Balaban J connectivity index is 2.09. The van der Waals surface area contributed by atoms with Crippen LogP contribution in [0.25, 0.3) is 0 Å². The van der Waals surface area contributed by atoms with Crippen LogP contribution in [0.15, 0.2) is 54.2 Å². The quantitative estimate of drug-likeness (QED) is 0.336. The number of nitrogens with one attached hydrogen (secondary N) is 2. The molecule has 6 heteroatoms. The van der Waals surface area contributed by atoms with Crippen molar-refractivity contribution in [2.24, 2.45) is 0 Å². The minimum absolute atomic E-state index is 0.0220. The van der Waals surface area contributed by atoms with E-state index in [1.807, 2.05) is 6.92 Å². The highest BCUT2D eigenvalue weighted by Gasteiger charge is 2.10. The Kier molecular flexibility index (Phi) is 5.54. The van der Waals surface area contributed by atoms with Crippen LogP contribution in [-0.2, 0) is 4.79 Å². The molecule has 0 aliphatic carbocycles. The van der Waals surface area contributed by atoms with Crippen LogP contribution in [0.2, 0.25) is 0 Å². The second-order valence-electron chi connectivity index (χ2n) is 5.42. The third-order valence-electron chi connectivity index (χ3n) is 3.44. The van der Waals surface area contributed by atoms with E-state index in [1.54, 1.807) is 48.5 Å². The standard InChI is InChI=1S/C19H17N3O3/c1-12-3-8-17(18(24)9-12)21-11-15(10-20)19(25)22-16-6-4-14(5-7-16)13(2)23/h3-9,11,21,24H,1-2H3,(H,22,25)/b15-11-. The van der Waals surface area contributed by atoms with Gasteiger partial charge in [-0.3, -0.25) is 9.59 Å². The highest BCUT2D eigenvalue weighted by molar-refractivity contribution is 6.07. The highest BCUT2D eigenvalue weighted by Crippen LogP contribution is 2.24. The Bertz CT molecular complexity index is 878. The fraction of sp³-hybridized carbons (Fsp3) is 0.105. The second kappa shape index (κ2) is 7.79. The van der Waals surface area contributed by atoms with E-state index in [0.717, 1.165) is 5.56 Å². The summed E-state index contributed by atoms with van der Waals surface area (Å²) in [4.78, 5) is 23.4. The smallest absolute Gasteiger partial charge is 0.267 e. The van der Waals surface area contributed by atoms with Crippen LogP contribution in [0.3, 0.4) is 0 Å². The van der Waals surface area contributed by atoms with Gasteiger partial charge < -0.3 is 15.7 Å². The molecule has 0 heterocycles. The number of Topliss-reactive ketones (excluding diaryl/α,β-unsaturated/α-hetero) is 1. The van der Waals surface area contributed by atoms with E-state index in [9.17, 15) is 14.7 Å². The minimum atomic E-state index is -0.600. The summed E-state index contributed by atoms with van der Waals surface area (Å²) in [5.74, 6) is -0.650. The number of aryl methyl sites for hydroxylation is 1. The van der Waals surface area contributed by atoms with E-state index in [2.05, 4.69) is 10.6 Å². The Morgan fingerprint density at radius 1 is 1.16 bits per heavy atom. The molecule has 0 spiro atoms. The van der Waals surface area contributed by atoms with Gasteiger partial charge in [0.2, 0.25) is 0 Å². The lowest BCUT2D eigenvalue weighted by molar-refractivity contribution is -0.112. The molecule has 0 saturated heterocycles. The largest absolute Gasteiger partial charge is 0.506 e. The molecule has 0 saturated carbocycles. The molecule has 0 aliphatic heterocycles. The zero-order valence-corrected chi connectivity index (χ0v) is 13.8. The predicted octanol–water partition coefficient (Wildman–Crippen LogP) is 3.36. The third kappa shape index (κ3) is 4.69. The first-order valence-electron chi connectivity index (χ1n) is 7.49. The number of hydrogen-bond donors (Lipinski definition) is 3. The monoisotopic (exact) mass is 335 g/mol. The number of carbonyl (C=O) groups excluding carboxylic acids is 2. The molecular weight excluding hydrogens is 318 g/mol. The van der Waals surface area contributed by atoms with E-state index in [0.29, 0.717) is 16.9 Å². The van der Waals surface area contributed by atoms with Gasteiger partial charge in [0.15, 0.2) is 5.78 Å². The first kappa shape index (κ1) is 17.8. The lowest BCUT2D eigenvalue weighted by Crippen LogP contribution is -2.14. The first-order valence-corrected chi connectivity index (χ1v) is 7.49. The average Bonchev–Trinajstić information content (AvgIpc) is 2.57. The number of anilines is 2. The van der Waals surface area contributed by atoms with Crippen LogP contribution in [0.1, 0.15) is 22.8 Å². The maximum absolute atomic E-state index is 12.2. The third-order valence-corrected chi connectivity index (χ3v) is 3.44. The molecule has 2 aromatic carbocycles. The van der Waals surface area contributed by atoms with Gasteiger partial charge in [-0.1, -0.05) is 6.07 Å². The van der Waals surface area contributed by atoms with Crippen molar-refractivity contribution in [1.82, 2.24) is 0 Å². The van der Waals surface area contributed by atoms with E-state index in [1.165, 1.54) is 13.1 Å².